The van der Waals surface area contributed by atoms with E-state index in [1.165, 1.54) is 0 Å². The minimum Gasteiger partial charge on any atom is -0.219 e. The van der Waals surface area contributed by atoms with E-state index in [-0.39, 0.29) is 0 Å². The van der Waals surface area contributed by atoms with Crippen LogP contribution in [0, 0.1) is 0 Å². The Kier molecular flexibility index (Phi) is 5.15. The molecule has 16 heteroatoms. The maximum Gasteiger partial charge on any atom is 0.920 e. The van der Waals surface area contributed by atoms with Crippen LogP contribution in [0.2, 0.25) is 0 Å². The summed E-state index contributed by atoms with van der Waals surface area (Å²) in [5, 5.41) is 0. The fourth-order valence-electron chi connectivity index (χ4n) is 0.522. The molecule has 0 bridgehead atoms. The van der Waals surface area contributed by atoms with Crippen LogP contribution in [-0.2, 0) is 38.6 Å². The van der Waals surface area contributed by atoms with Crippen molar-refractivity contribution >= 4 is 36.2 Å². The molecule has 0 unspecified atom stereocenters. The summed E-state index contributed by atoms with van der Waals surface area (Å²) >= 11 is 0. The number of rotatable bonds is 6. The van der Waals surface area contributed by atoms with Crippen LogP contribution in [-0.4, -0.2) is 36.0 Å². The lowest BCUT2D eigenvalue weighted by atomic mass is 15.6. The SMILES string of the molecule is O=[S](=O)(OF)[Al]([S](=O)(=O)OF)[S](=O)(=O)OF. The van der Waals surface area contributed by atoms with Crippen LogP contribution in [0.5, 0.6) is 0 Å². The van der Waals surface area contributed by atoms with Gasteiger partial charge >= 0.3 is 10.8 Å². The van der Waals surface area contributed by atoms with E-state index in [0.717, 1.165) is 0 Å². The van der Waals surface area contributed by atoms with Crippen LogP contribution in [0.3, 0.4) is 0 Å². The highest BCUT2D eigenvalue weighted by Crippen LogP contribution is 2.18. The largest absolute Gasteiger partial charge is 0.920 e. The quantitative estimate of drug-likeness (QED) is 0.545. The topological polar surface area (TPSA) is 130 Å². The average Bonchev–Trinajstić information content (AvgIpc) is 2.16. The van der Waals surface area contributed by atoms with Crippen molar-refractivity contribution < 1.29 is 52.0 Å². The van der Waals surface area contributed by atoms with Crippen molar-refractivity contribution in [3.63, 3.8) is 0 Å². The lowest BCUT2D eigenvalue weighted by molar-refractivity contribution is 0.00166. The molecule has 0 aromatic rings. The highest BCUT2D eigenvalue weighted by atomic mass is 32.7. The fourth-order valence-corrected chi connectivity index (χ4v) is 14.1. The first-order valence-electron chi connectivity index (χ1n) is 2.67. The minimum atomic E-state index is -5.93. The molecular weight excluding hydrogens is 324 g/mol. The monoisotopic (exact) mass is 324 g/mol. The second-order valence-electron chi connectivity index (χ2n) is 1.96. The molecule has 0 radical (unpaired) electrons. The van der Waals surface area contributed by atoms with Crippen molar-refractivity contribution in [2.75, 3.05) is 0 Å². The van der Waals surface area contributed by atoms with E-state index in [1.807, 2.05) is 0 Å². The van der Waals surface area contributed by atoms with Gasteiger partial charge in [-0.2, -0.15) is 0 Å². The number of hydrogen-bond acceptors (Lipinski definition) is 9. The van der Waals surface area contributed by atoms with E-state index in [4.69, 9.17) is 0 Å². The zero-order valence-electron chi connectivity index (χ0n) is 6.61. The average molecular weight is 324 g/mol. The third-order valence-corrected chi connectivity index (χ3v) is 20.5. The summed E-state index contributed by atoms with van der Waals surface area (Å²) in [5.41, 5.74) is 0. The van der Waals surface area contributed by atoms with Gasteiger partial charge in [-0.1, -0.05) is 13.2 Å². The van der Waals surface area contributed by atoms with Crippen molar-refractivity contribution in [2.45, 2.75) is 0 Å². The second kappa shape index (κ2) is 5.14. The molecule has 0 saturated heterocycles. The van der Waals surface area contributed by atoms with Gasteiger partial charge in [0.05, 0.1) is 0 Å². The molecule has 0 saturated carbocycles. The molecule has 0 rings (SSSR count). The first kappa shape index (κ1) is 16.1. The third kappa shape index (κ3) is 3.27. The van der Waals surface area contributed by atoms with Gasteiger partial charge in [-0.15, -0.1) is 0 Å². The maximum absolute atomic E-state index is 11.4. The summed E-state index contributed by atoms with van der Waals surface area (Å²) in [4.78, 5) is 0. The predicted octanol–water partition coefficient (Wildman–Crippen LogP) is -1.34. The van der Waals surface area contributed by atoms with E-state index in [2.05, 4.69) is 13.2 Å². The van der Waals surface area contributed by atoms with Crippen molar-refractivity contribution in [3.05, 3.63) is 0 Å². The summed E-state index contributed by atoms with van der Waals surface area (Å²) in [6.45, 7) is 0. The molecular formula is AlF3O9S3. The highest BCUT2D eigenvalue weighted by molar-refractivity contribution is 8.66. The molecule has 96 valence electrons. The normalized spacial score (nSPS) is 13.7. The van der Waals surface area contributed by atoms with E-state index < -0.39 is 36.2 Å². The second-order valence-corrected chi connectivity index (χ2v) is 18.0. The first-order valence-corrected chi connectivity index (χ1v) is 11.3. The van der Waals surface area contributed by atoms with Gasteiger partial charge in [-0.25, -0.2) is 25.3 Å². The van der Waals surface area contributed by atoms with Gasteiger partial charge in [0.2, 0.25) is 25.5 Å². The first-order chi connectivity index (χ1) is 7.05. The van der Waals surface area contributed by atoms with E-state index >= 15 is 0 Å². The van der Waals surface area contributed by atoms with Crippen LogP contribution in [0.15, 0.2) is 0 Å². The molecule has 16 heavy (non-hydrogen) atoms. The molecule has 0 amide bonds. The van der Waals surface area contributed by atoms with Crippen LogP contribution in [0.4, 0.5) is 13.6 Å². The summed E-state index contributed by atoms with van der Waals surface area (Å²) in [6, 6.07) is 0. The van der Waals surface area contributed by atoms with Crippen molar-refractivity contribution in [3.8, 4) is 0 Å². The standard InChI is InChI=1S/Al.3FO3S/c;3*1-4-5(2)3. The van der Waals surface area contributed by atoms with Gasteiger partial charge < -0.3 is 0 Å². The van der Waals surface area contributed by atoms with E-state index in [0.29, 0.717) is 0 Å². The molecule has 0 aliphatic heterocycles. The lowest BCUT2D eigenvalue weighted by Crippen LogP contribution is -2.43. The maximum atomic E-state index is 11.4. The Labute approximate surface area is 88.3 Å². The summed E-state index contributed by atoms with van der Waals surface area (Å²) < 4.78 is 104. The van der Waals surface area contributed by atoms with Gasteiger partial charge in [-0.05, 0) is 13.6 Å². The Morgan fingerprint density at radius 1 is 0.625 bits per heavy atom. The van der Waals surface area contributed by atoms with Gasteiger partial charge in [0.25, 0.3) is 0 Å². The molecule has 0 fully saturated rings. The zero-order valence-corrected chi connectivity index (χ0v) is 10.2. The Hall–Kier alpha value is 0.0525. The molecule has 0 atom stereocenters. The number of hydrogen-bond donors (Lipinski definition) is 0. The Bertz CT molecular complexity index is 446. The molecule has 0 aliphatic rings. The van der Waals surface area contributed by atoms with Crippen molar-refractivity contribution in [1.29, 1.82) is 0 Å². The smallest absolute Gasteiger partial charge is 0.219 e. The van der Waals surface area contributed by atoms with Crippen LogP contribution >= 0.6 is 0 Å². The summed E-state index contributed by atoms with van der Waals surface area (Å²) in [6.07, 6.45) is 0. The van der Waals surface area contributed by atoms with Crippen molar-refractivity contribution in [2.24, 2.45) is 0 Å². The van der Waals surface area contributed by atoms with E-state index in [9.17, 15) is 38.8 Å². The molecule has 0 aromatic heterocycles. The third-order valence-electron chi connectivity index (χ3n) is 0.971. The van der Waals surface area contributed by atoms with Gasteiger partial charge in [-0.3, -0.25) is 0 Å². The highest BCUT2D eigenvalue weighted by Gasteiger charge is 2.70. The molecule has 0 aliphatic carbocycles. The van der Waals surface area contributed by atoms with Crippen LogP contribution < -0.4 is 0 Å². The number of halogens is 3. The summed E-state index contributed by atoms with van der Waals surface area (Å²) in [5.74, 6) is 0. The molecule has 0 heterocycles. The van der Waals surface area contributed by atoms with Gasteiger partial charge in [0.1, 0.15) is 0 Å². The molecule has 0 spiro atoms. The summed E-state index contributed by atoms with van der Waals surface area (Å²) in [7, 11) is -23.5. The minimum absolute atomic E-state index is 2.06. The predicted molar refractivity (Wildman–Crippen MR) is 39.1 cm³/mol. The van der Waals surface area contributed by atoms with Gasteiger partial charge in [0.15, 0.2) is 0 Å². The zero-order chi connectivity index (χ0) is 13.2. The van der Waals surface area contributed by atoms with E-state index in [1.54, 1.807) is 0 Å². The van der Waals surface area contributed by atoms with Crippen molar-refractivity contribution in [1.82, 2.24) is 0 Å². The van der Waals surface area contributed by atoms with Gasteiger partial charge in [0, 0.05) is 0 Å². The van der Waals surface area contributed by atoms with Crippen LogP contribution in [0.1, 0.15) is 0 Å². The Morgan fingerprint density at radius 2 is 0.812 bits per heavy atom. The Morgan fingerprint density at radius 3 is 0.938 bits per heavy atom. The fraction of sp³-hybridized carbons (Fsp3) is 0. The molecule has 9 nitrogen and oxygen atoms in total. The Balaban J connectivity index is 6.03. The molecule has 0 aromatic carbocycles. The molecule has 0 N–H and O–H groups in total. The lowest BCUT2D eigenvalue weighted by Gasteiger charge is -2.02. The van der Waals surface area contributed by atoms with Crippen LogP contribution in [0.25, 0.3) is 0 Å².